The first kappa shape index (κ1) is 18.5. The van der Waals surface area contributed by atoms with E-state index in [-0.39, 0.29) is 15.4 Å². The fourth-order valence-electron chi connectivity index (χ4n) is 2.83. The Morgan fingerprint density at radius 1 is 1.23 bits per heavy atom. The zero-order valence-corrected chi connectivity index (χ0v) is 16.1. The van der Waals surface area contributed by atoms with Gasteiger partial charge in [0.15, 0.2) is 0 Å². The molecule has 0 bridgehead atoms. The number of benzene rings is 2. The standard InChI is InChI=1S/C20H18ClNO3S/c1-20(2)10-9-15-11-14(3-8-19(15)25-20)12-18(13-22)26(23,24)17-6-4-16(21)5-7-17/h3-8,11-12H,9-10H2,1-2H3. The number of sulfone groups is 1. The van der Waals surface area contributed by atoms with Gasteiger partial charge in [-0.25, -0.2) is 8.42 Å². The Morgan fingerprint density at radius 3 is 2.58 bits per heavy atom. The lowest BCUT2D eigenvalue weighted by molar-refractivity contribution is 0.0847. The fourth-order valence-corrected chi connectivity index (χ4v) is 4.12. The Balaban J connectivity index is 1.98. The topological polar surface area (TPSA) is 67.2 Å². The van der Waals surface area contributed by atoms with Crippen LogP contribution in [0.25, 0.3) is 6.08 Å². The lowest BCUT2D eigenvalue weighted by Gasteiger charge is -2.32. The SMILES string of the molecule is CC1(C)CCc2cc(C=C(C#N)S(=O)(=O)c3ccc(Cl)cc3)ccc2O1. The molecule has 0 amide bonds. The molecule has 26 heavy (non-hydrogen) atoms. The predicted octanol–water partition coefficient (Wildman–Crippen LogP) is 4.78. The van der Waals surface area contributed by atoms with Crippen molar-refractivity contribution < 1.29 is 13.2 Å². The average molecular weight is 388 g/mol. The monoisotopic (exact) mass is 387 g/mol. The summed E-state index contributed by atoms with van der Waals surface area (Å²) in [5.74, 6) is 0.803. The van der Waals surface area contributed by atoms with Crippen LogP contribution in [0.3, 0.4) is 0 Å². The van der Waals surface area contributed by atoms with Crippen LogP contribution in [0.2, 0.25) is 5.02 Å². The number of allylic oxidation sites excluding steroid dienone is 1. The summed E-state index contributed by atoms with van der Waals surface area (Å²) in [6.45, 7) is 4.08. The molecule has 1 aliphatic rings. The minimum absolute atomic E-state index is 0.0396. The molecule has 0 aliphatic carbocycles. The lowest BCUT2D eigenvalue weighted by Crippen LogP contribution is -2.32. The minimum Gasteiger partial charge on any atom is -0.488 e. The summed E-state index contributed by atoms with van der Waals surface area (Å²) in [4.78, 5) is -0.269. The van der Waals surface area contributed by atoms with E-state index in [1.807, 2.05) is 26.0 Å². The third-order valence-corrected chi connectivity index (χ3v) is 6.22. The van der Waals surface area contributed by atoms with Gasteiger partial charge in [-0.1, -0.05) is 17.7 Å². The molecule has 2 aromatic carbocycles. The van der Waals surface area contributed by atoms with Gasteiger partial charge in [0.25, 0.3) is 0 Å². The highest BCUT2D eigenvalue weighted by atomic mass is 35.5. The first-order valence-corrected chi connectivity index (χ1v) is 10.0. The van der Waals surface area contributed by atoms with Crippen LogP contribution in [-0.4, -0.2) is 14.0 Å². The number of hydrogen-bond acceptors (Lipinski definition) is 4. The molecule has 0 atom stereocenters. The number of halogens is 1. The van der Waals surface area contributed by atoms with E-state index in [9.17, 15) is 13.7 Å². The highest BCUT2D eigenvalue weighted by molar-refractivity contribution is 7.95. The summed E-state index contributed by atoms with van der Waals surface area (Å²) >= 11 is 5.81. The van der Waals surface area contributed by atoms with Gasteiger partial charge in [-0.3, -0.25) is 0 Å². The summed E-state index contributed by atoms with van der Waals surface area (Å²) in [6.07, 6.45) is 3.11. The van der Waals surface area contributed by atoms with Crippen molar-refractivity contribution in [1.29, 1.82) is 5.26 Å². The van der Waals surface area contributed by atoms with E-state index < -0.39 is 9.84 Å². The van der Waals surface area contributed by atoms with Gasteiger partial charge in [0, 0.05) is 5.02 Å². The third kappa shape index (κ3) is 3.77. The number of hydrogen-bond donors (Lipinski definition) is 0. The Morgan fingerprint density at radius 2 is 1.92 bits per heavy atom. The van der Waals surface area contributed by atoms with Crippen molar-refractivity contribution >= 4 is 27.5 Å². The average Bonchev–Trinajstić information content (AvgIpc) is 2.59. The number of nitriles is 1. The minimum atomic E-state index is -3.90. The van der Waals surface area contributed by atoms with Gasteiger partial charge in [-0.15, -0.1) is 0 Å². The molecule has 0 fully saturated rings. The van der Waals surface area contributed by atoms with Crippen molar-refractivity contribution in [3.63, 3.8) is 0 Å². The maximum absolute atomic E-state index is 12.7. The van der Waals surface area contributed by atoms with E-state index in [4.69, 9.17) is 16.3 Å². The first-order valence-electron chi connectivity index (χ1n) is 8.16. The van der Waals surface area contributed by atoms with E-state index in [1.165, 1.54) is 30.3 Å². The Kier molecular flexibility index (Phi) is 4.83. The van der Waals surface area contributed by atoms with Crippen LogP contribution in [0.5, 0.6) is 5.75 Å². The van der Waals surface area contributed by atoms with Crippen LogP contribution in [0.4, 0.5) is 0 Å². The van der Waals surface area contributed by atoms with Crippen molar-refractivity contribution in [1.82, 2.24) is 0 Å². The zero-order valence-electron chi connectivity index (χ0n) is 14.5. The predicted molar refractivity (Wildman–Crippen MR) is 102 cm³/mol. The number of fused-ring (bicyclic) bond motifs is 1. The zero-order chi connectivity index (χ0) is 18.9. The van der Waals surface area contributed by atoms with Crippen LogP contribution in [-0.2, 0) is 16.3 Å². The smallest absolute Gasteiger partial charge is 0.216 e. The summed E-state index contributed by atoms with van der Waals surface area (Å²) in [5, 5.41) is 9.83. The number of nitrogens with zero attached hydrogens (tertiary/aromatic N) is 1. The Bertz CT molecular complexity index is 1020. The van der Waals surface area contributed by atoms with Gasteiger partial charge in [-0.05, 0) is 80.3 Å². The molecule has 0 spiro atoms. The molecule has 0 N–H and O–H groups in total. The molecule has 0 aromatic heterocycles. The van der Waals surface area contributed by atoms with E-state index in [0.29, 0.717) is 10.6 Å². The van der Waals surface area contributed by atoms with Crippen molar-refractivity contribution in [2.24, 2.45) is 0 Å². The quantitative estimate of drug-likeness (QED) is 0.710. The summed E-state index contributed by atoms with van der Waals surface area (Å²) in [6, 6.07) is 13.0. The van der Waals surface area contributed by atoms with Gasteiger partial charge < -0.3 is 4.74 Å². The van der Waals surface area contributed by atoms with E-state index >= 15 is 0 Å². The molecule has 1 heterocycles. The molecule has 0 unspecified atom stereocenters. The Labute approximate surface area is 158 Å². The van der Waals surface area contributed by atoms with Crippen LogP contribution in [0.1, 0.15) is 31.4 Å². The molecule has 3 rings (SSSR count). The molecule has 0 radical (unpaired) electrons. The van der Waals surface area contributed by atoms with E-state index in [1.54, 1.807) is 12.1 Å². The second kappa shape index (κ2) is 6.79. The van der Waals surface area contributed by atoms with Crippen molar-refractivity contribution in [2.75, 3.05) is 0 Å². The normalized spacial score (nSPS) is 16.3. The van der Waals surface area contributed by atoms with Crippen LogP contribution in [0.15, 0.2) is 52.3 Å². The van der Waals surface area contributed by atoms with Gasteiger partial charge in [0.1, 0.15) is 22.3 Å². The van der Waals surface area contributed by atoms with Gasteiger partial charge in [-0.2, -0.15) is 5.26 Å². The van der Waals surface area contributed by atoms with Crippen LogP contribution in [0, 0.1) is 11.3 Å². The highest BCUT2D eigenvalue weighted by Gasteiger charge is 2.26. The van der Waals surface area contributed by atoms with Gasteiger partial charge in [0.2, 0.25) is 9.84 Å². The Hall–Kier alpha value is -2.29. The van der Waals surface area contributed by atoms with Crippen LogP contribution >= 0.6 is 11.6 Å². The number of aryl methyl sites for hydroxylation is 1. The second-order valence-electron chi connectivity index (χ2n) is 6.81. The lowest BCUT2D eigenvalue weighted by atomic mass is 9.93. The summed E-state index contributed by atoms with van der Waals surface area (Å²) in [7, 11) is -3.90. The summed E-state index contributed by atoms with van der Waals surface area (Å²) < 4.78 is 31.3. The van der Waals surface area contributed by atoms with Crippen molar-refractivity contribution in [3.8, 4) is 11.8 Å². The molecule has 134 valence electrons. The molecule has 0 saturated heterocycles. The van der Waals surface area contributed by atoms with Gasteiger partial charge >= 0.3 is 0 Å². The number of ether oxygens (including phenoxy) is 1. The molecule has 4 nitrogen and oxygen atoms in total. The van der Waals surface area contributed by atoms with Crippen molar-refractivity contribution in [2.45, 2.75) is 37.2 Å². The van der Waals surface area contributed by atoms with E-state index in [2.05, 4.69) is 0 Å². The second-order valence-corrected chi connectivity index (χ2v) is 9.16. The first-order chi connectivity index (χ1) is 12.2. The largest absolute Gasteiger partial charge is 0.488 e. The molecule has 2 aromatic rings. The molecular formula is C20H18ClNO3S. The maximum atomic E-state index is 12.7. The van der Waals surface area contributed by atoms with Gasteiger partial charge in [0.05, 0.1) is 4.90 Å². The summed E-state index contributed by atoms with van der Waals surface area (Å²) in [5.41, 5.74) is 1.46. The van der Waals surface area contributed by atoms with Crippen LogP contribution < -0.4 is 4.74 Å². The molecule has 6 heteroatoms. The molecular weight excluding hydrogens is 370 g/mol. The van der Waals surface area contributed by atoms with E-state index in [0.717, 1.165) is 24.2 Å². The third-order valence-electron chi connectivity index (χ3n) is 4.29. The molecule has 0 saturated carbocycles. The maximum Gasteiger partial charge on any atom is 0.216 e. The van der Waals surface area contributed by atoms with Crippen molar-refractivity contribution in [3.05, 3.63) is 63.5 Å². The highest BCUT2D eigenvalue weighted by Crippen LogP contribution is 2.34. The number of rotatable bonds is 3. The fraction of sp³-hybridized carbons (Fsp3) is 0.250. The molecule has 1 aliphatic heterocycles.